The number of benzene rings is 1. The molecule has 2 heterocycles. The van der Waals surface area contributed by atoms with Gasteiger partial charge < -0.3 is 15.1 Å². The standard InChI is InChI=1S/C19H19N3O4S/c1-21(2)7-8-22-9-13(23)20-19(18(22)26)10-27-17-14(19)15(24)11-5-3-4-6-12(11)16(17)25/h3-6H,7-10H2,1-2H3,(H,20,23)/t19-/m1/s1. The van der Waals surface area contributed by atoms with Crippen LogP contribution in [0.3, 0.4) is 0 Å². The van der Waals surface area contributed by atoms with E-state index in [1.54, 1.807) is 24.3 Å². The van der Waals surface area contributed by atoms with Gasteiger partial charge in [0.2, 0.25) is 11.7 Å². The molecule has 27 heavy (non-hydrogen) atoms. The second-order valence-corrected chi connectivity index (χ2v) is 8.17. The van der Waals surface area contributed by atoms with Gasteiger partial charge in [0.15, 0.2) is 11.3 Å². The monoisotopic (exact) mass is 385 g/mol. The Balaban J connectivity index is 1.78. The van der Waals surface area contributed by atoms with Crippen molar-refractivity contribution in [3.05, 3.63) is 45.9 Å². The highest BCUT2D eigenvalue weighted by atomic mass is 32.2. The van der Waals surface area contributed by atoms with E-state index in [9.17, 15) is 19.2 Å². The fraction of sp³-hybridized carbons (Fsp3) is 0.368. The molecular weight excluding hydrogens is 366 g/mol. The number of hydrogen-bond acceptors (Lipinski definition) is 6. The van der Waals surface area contributed by atoms with Crippen molar-refractivity contribution in [1.82, 2.24) is 15.1 Å². The zero-order valence-corrected chi connectivity index (χ0v) is 15.9. The second-order valence-electron chi connectivity index (χ2n) is 7.18. The van der Waals surface area contributed by atoms with Crippen molar-refractivity contribution < 1.29 is 19.2 Å². The highest BCUT2D eigenvalue weighted by Crippen LogP contribution is 2.46. The van der Waals surface area contributed by atoms with Crippen molar-refractivity contribution in [2.24, 2.45) is 0 Å². The van der Waals surface area contributed by atoms with Gasteiger partial charge in [-0.15, -0.1) is 11.8 Å². The molecule has 1 aliphatic carbocycles. The molecule has 1 aromatic carbocycles. The van der Waals surface area contributed by atoms with Gasteiger partial charge in [0, 0.05) is 30.0 Å². The summed E-state index contributed by atoms with van der Waals surface area (Å²) in [6.07, 6.45) is 0. The molecule has 1 N–H and O–H groups in total. The molecule has 8 heteroatoms. The van der Waals surface area contributed by atoms with E-state index in [0.717, 1.165) is 0 Å². The van der Waals surface area contributed by atoms with E-state index in [0.29, 0.717) is 18.7 Å². The van der Waals surface area contributed by atoms with E-state index >= 15 is 0 Å². The van der Waals surface area contributed by atoms with Crippen LogP contribution in [0, 0.1) is 0 Å². The molecule has 3 aliphatic rings. The number of fused-ring (bicyclic) bond motifs is 2. The quantitative estimate of drug-likeness (QED) is 0.807. The average Bonchev–Trinajstić information content (AvgIpc) is 3.01. The minimum Gasteiger partial charge on any atom is -0.336 e. The summed E-state index contributed by atoms with van der Waals surface area (Å²) in [7, 11) is 3.77. The predicted octanol–water partition coefficient (Wildman–Crippen LogP) is 0.325. The molecule has 2 aliphatic heterocycles. The number of ketones is 2. The number of nitrogens with one attached hydrogen (secondary N) is 1. The van der Waals surface area contributed by atoms with Crippen molar-refractivity contribution in [2.45, 2.75) is 5.54 Å². The number of carbonyl (C=O) groups is 4. The third kappa shape index (κ3) is 2.62. The average molecular weight is 385 g/mol. The lowest BCUT2D eigenvalue weighted by atomic mass is 9.78. The Morgan fingerprint density at radius 3 is 2.44 bits per heavy atom. The first-order chi connectivity index (χ1) is 12.8. The molecule has 2 amide bonds. The summed E-state index contributed by atoms with van der Waals surface area (Å²) < 4.78 is 0. The van der Waals surface area contributed by atoms with Crippen molar-refractivity contribution in [2.75, 3.05) is 39.5 Å². The van der Waals surface area contributed by atoms with E-state index in [1.807, 2.05) is 19.0 Å². The molecule has 1 saturated heterocycles. The number of amides is 2. The number of thioether (sulfide) groups is 1. The van der Waals surface area contributed by atoms with Gasteiger partial charge in [0.1, 0.15) is 0 Å². The van der Waals surface area contributed by atoms with Crippen LogP contribution in [0.4, 0.5) is 0 Å². The number of nitrogens with zero attached hydrogens (tertiary/aromatic N) is 2. The van der Waals surface area contributed by atoms with Crippen molar-refractivity contribution in [3.8, 4) is 0 Å². The van der Waals surface area contributed by atoms with Crippen LogP contribution in [0.25, 0.3) is 0 Å². The van der Waals surface area contributed by atoms with Gasteiger partial charge in [-0.1, -0.05) is 24.3 Å². The lowest BCUT2D eigenvalue weighted by molar-refractivity contribution is -0.147. The summed E-state index contributed by atoms with van der Waals surface area (Å²) >= 11 is 1.18. The highest BCUT2D eigenvalue weighted by molar-refractivity contribution is 8.04. The molecule has 4 rings (SSSR count). The van der Waals surface area contributed by atoms with Crippen LogP contribution in [0.1, 0.15) is 20.7 Å². The molecule has 140 valence electrons. The number of carbonyl (C=O) groups excluding carboxylic acids is 4. The molecule has 1 aromatic rings. The molecular formula is C19H19N3O4S. The van der Waals surface area contributed by atoms with E-state index in [4.69, 9.17) is 0 Å². The molecule has 7 nitrogen and oxygen atoms in total. The van der Waals surface area contributed by atoms with Crippen LogP contribution in [-0.2, 0) is 9.59 Å². The van der Waals surface area contributed by atoms with Gasteiger partial charge in [0.05, 0.1) is 17.0 Å². The SMILES string of the molecule is CN(C)CCN1CC(=O)N[C@@]2(CSC3=C2C(=O)c2ccccc2C3=O)C1=O. The van der Waals surface area contributed by atoms with Crippen LogP contribution >= 0.6 is 11.8 Å². The Bertz CT molecular complexity index is 923. The number of likely N-dealkylation sites (N-methyl/N-ethyl adjacent to an activating group) is 1. The van der Waals surface area contributed by atoms with E-state index < -0.39 is 5.54 Å². The normalized spacial score (nSPS) is 24.6. The third-order valence-electron chi connectivity index (χ3n) is 5.09. The number of piperazine rings is 1. The maximum atomic E-state index is 13.3. The van der Waals surface area contributed by atoms with Crippen LogP contribution in [0.2, 0.25) is 0 Å². The number of hydrogen-bond donors (Lipinski definition) is 1. The lowest BCUT2D eigenvalue weighted by Crippen LogP contribution is -2.69. The Morgan fingerprint density at radius 1 is 1.11 bits per heavy atom. The third-order valence-corrected chi connectivity index (χ3v) is 6.35. The molecule has 0 saturated carbocycles. The molecule has 0 unspecified atom stereocenters. The van der Waals surface area contributed by atoms with Crippen LogP contribution in [0.5, 0.6) is 0 Å². The van der Waals surface area contributed by atoms with Crippen molar-refractivity contribution in [3.63, 3.8) is 0 Å². The van der Waals surface area contributed by atoms with Gasteiger partial charge in [-0.25, -0.2) is 0 Å². The van der Waals surface area contributed by atoms with Gasteiger partial charge >= 0.3 is 0 Å². The summed E-state index contributed by atoms with van der Waals surface area (Å²) in [5.41, 5.74) is -0.688. The Labute approximate surface area is 160 Å². The second kappa shape index (κ2) is 6.31. The first kappa shape index (κ1) is 17.9. The zero-order valence-electron chi connectivity index (χ0n) is 15.1. The van der Waals surface area contributed by atoms with E-state index in [2.05, 4.69) is 5.32 Å². The smallest absolute Gasteiger partial charge is 0.254 e. The largest absolute Gasteiger partial charge is 0.336 e. The Kier molecular flexibility index (Phi) is 4.20. The van der Waals surface area contributed by atoms with Gasteiger partial charge in [-0.2, -0.15) is 0 Å². The predicted molar refractivity (Wildman–Crippen MR) is 101 cm³/mol. The fourth-order valence-corrected chi connectivity index (χ4v) is 5.10. The van der Waals surface area contributed by atoms with Gasteiger partial charge in [-0.05, 0) is 14.1 Å². The minimum atomic E-state index is -1.46. The van der Waals surface area contributed by atoms with E-state index in [-0.39, 0.29) is 51.7 Å². The Hall–Kier alpha value is -2.45. The molecule has 0 bridgehead atoms. The molecule has 1 atom stereocenters. The van der Waals surface area contributed by atoms with Gasteiger partial charge in [0.25, 0.3) is 5.91 Å². The van der Waals surface area contributed by atoms with E-state index in [1.165, 1.54) is 16.7 Å². The van der Waals surface area contributed by atoms with Crippen molar-refractivity contribution >= 4 is 35.1 Å². The molecule has 0 aromatic heterocycles. The zero-order chi connectivity index (χ0) is 19.3. The number of Topliss-reactive ketones (excluding diaryl/α,β-unsaturated/α-hetero) is 2. The highest BCUT2D eigenvalue weighted by Gasteiger charge is 2.58. The first-order valence-corrected chi connectivity index (χ1v) is 9.65. The number of allylic oxidation sites excluding steroid dienone is 1. The minimum absolute atomic E-state index is 0.0412. The first-order valence-electron chi connectivity index (χ1n) is 8.66. The lowest BCUT2D eigenvalue weighted by Gasteiger charge is -2.41. The summed E-state index contributed by atoms with van der Waals surface area (Å²) in [5, 5.41) is 2.74. The number of rotatable bonds is 3. The van der Waals surface area contributed by atoms with Crippen LogP contribution < -0.4 is 5.32 Å². The van der Waals surface area contributed by atoms with Crippen LogP contribution in [-0.4, -0.2) is 78.2 Å². The van der Waals surface area contributed by atoms with Gasteiger partial charge in [-0.3, -0.25) is 19.2 Å². The molecule has 0 radical (unpaired) electrons. The summed E-state index contributed by atoms with van der Waals surface area (Å²) in [6.45, 7) is 0.942. The maximum Gasteiger partial charge on any atom is 0.254 e. The molecule has 1 spiro atoms. The van der Waals surface area contributed by atoms with Crippen LogP contribution in [0.15, 0.2) is 34.7 Å². The summed E-state index contributed by atoms with van der Waals surface area (Å²) in [4.78, 5) is 55.4. The summed E-state index contributed by atoms with van der Waals surface area (Å²) in [5.74, 6) is -1.08. The fourth-order valence-electron chi connectivity index (χ4n) is 3.75. The topological polar surface area (TPSA) is 86.8 Å². The van der Waals surface area contributed by atoms with Crippen molar-refractivity contribution in [1.29, 1.82) is 0 Å². The maximum absolute atomic E-state index is 13.3. The Morgan fingerprint density at radius 2 is 1.78 bits per heavy atom. The summed E-state index contributed by atoms with van der Waals surface area (Å²) in [6, 6.07) is 6.61. The molecule has 1 fully saturated rings.